The number of amides is 2. The molecule has 0 aliphatic heterocycles. The number of halogens is 1. The van der Waals surface area contributed by atoms with Gasteiger partial charge in [-0.3, -0.25) is 0 Å². The summed E-state index contributed by atoms with van der Waals surface area (Å²) in [5, 5.41) is 3.45. The maximum Gasteiger partial charge on any atom is 0.316 e. The Bertz CT molecular complexity index is 1510. The number of nitrogens with two attached hydrogens (primary N) is 1. The van der Waals surface area contributed by atoms with E-state index in [0.29, 0.717) is 13.0 Å². The highest BCUT2D eigenvalue weighted by molar-refractivity contribution is 6.30. The number of hydrogen-bond acceptors (Lipinski definition) is 4. The third-order valence-corrected chi connectivity index (χ3v) is 7.00. The highest BCUT2D eigenvalue weighted by atomic mass is 35.5. The minimum absolute atomic E-state index is 0.297. The average molecular weight is 513 g/mol. The molecule has 1 unspecified atom stereocenters. The first-order valence-corrected chi connectivity index (χ1v) is 12.6. The van der Waals surface area contributed by atoms with Crippen LogP contribution in [0, 0.1) is 0 Å². The zero-order valence-corrected chi connectivity index (χ0v) is 21.6. The molecule has 2 amide bonds. The Morgan fingerprint density at radius 1 is 1.24 bits per heavy atom. The zero-order chi connectivity index (χ0) is 26.0. The van der Waals surface area contributed by atoms with Crippen molar-refractivity contribution in [3.05, 3.63) is 107 Å². The summed E-state index contributed by atoms with van der Waals surface area (Å²) < 4.78 is 2.02. The molecule has 4 aromatic rings. The second-order valence-electron chi connectivity index (χ2n) is 9.46. The second kappa shape index (κ2) is 10.1. The Kier molecular flexibility index (Phi) is 6.72. The van der Waals surface area contributed by atoms with Crippen LogP contribution in [0.1, 0.15) is 31.4 Å². The number of nitrogens with one attached hydrogen (secondary N) is 1. The fourth-order valence-electron chi connectivity index (χ4n) is 4.78. The maximum absolute atomic E-state index is 11.4. The smallest absolute Gasteiger partial charge is 0.316 e. The fraction of sp³-hybridized carbons (Fsp3) is 0.207. The van der Waals surface area contributed by atoms with E-state index in [-0.39, 0.29) is 5.41 Å². The monoisotopic (exact) mass is 512 g/mol. The lowest BCUT2D eigenvalue weighted by Crippen LogP contribution is -2.33. The summed E-state index contributed by atoms with van der Waals surface area (Å²) in [6.07, 6.45) is 12.4. The molecule has 2 aromatic heterocycles. The largest absolute Gasteiger partial charge is 0.351 e. The molecule has 0 saturated carbocycles. The molecule has 8 heteroatoms. The van der Waals surface area contributed by atoms with Crippen LogP contribution in [0.25, 0.3) is 16.9 Å². The van der Waals surface area contributed by atoms with E-state index in [2.05, 4.69) is 53.3 Å². The van der Waals surface area contributed by atoms with Crippen molar-refractivity contribution in [2.75, 3.05) is 11.4 Å². The van der Waals surface area contributed by atoms with Gasteiger partial charge in [0.1, 0.15) is 0 Å². The summed E-state index contributed by atoms with van der Waals surface area (Å²) in [7, 11) is 0. The van der Waals surface area contributed by atoms with Crippen molar-refractivity contribution in [1.82, 2.24) is 19.7 Å². The van der Waals surface area contributed by atoms with Gasteiger partial charge in [-0.1, -0.05) is 61.0 Å². The molecule has 1 aliphatic carbocycles. The molecule has 0 fully saturated rings. The first-order valence-electron chi connectivity index (χ1n) is 12.2. The number of urea groups is 1. The average Bonchev–Trinajstić information content (AvgIpc) is 3.37. The Hall–Kier alpha value is -4.10. The summed E-state index contributed by atoms with van der Waals surface area (Å²) in [5.41, 5.74) is 10.8. The lowest BCUT2D eigenvalue weighted by molar-refractivity contribution is 0.250. The third-order valence-electron chi connectivity index (χ3n) is 6.75. The van der Waals surface area contributed by atoms with E-state index in [4.69, 9.17) is 22.3 Å². The molecule has 0 saturated heterocycles. The number of hydrogen-bond donors (Lipinski definition) is 2. The van der Waals surface area contributed by atoms with Crippen LogP contribution in [0.5, 0.6) is 0 Å². The predicted octanol–water partition coefficient (Wildman–Crippen LogP) is 5.85. The van der Waals surface area contributed by atoms with Gasteiger partial charge >= 0.3 is 6.03 Å². The molecule has 188 valence electrons. The number of imidazole rings is 1. The second-order valence-corrected chi connectivity index (χ2v) is 9.90. The summed E-state index contributed by atoms with van der Waals surface area (Å²) >= 11 is 6.09. The topological polar surface area (TPSA) is 88.5 Å². The van der Waals surface area contributed by atoms with Gasteiger partial charge in [0, 0.05) is 59.8 Å². The molecular weight excluding hydrogens is 484 g/mol. The number of primary amides is 1. The van der Waals surface area contributed by atoms with Crippen LogP contribution in [-0.2, 0) is 12.0 Å². The van der Waals surface area contributed by atoms with E-state index in [1.165, 1.54) is 0 Å². The molecule has 37 heavy (non-hydrogen) atoms. The first kappa shape index (κ1) is 24.6. The molecule has 7 nitrogen and oxygen atoms in total. The van der Waals surface area contributed by atoms with Gasteiger partial charge in [0.2, 0.25) is 0 Å². The Balaban J connectivity index is 1.51. The van der Waals surface area contributed by atoms with Crippen molar-refractivity contribution in [1.29, 1.82) is 0 Å². The fourth-order valence-corrected chi connectivity index (χ4v) is 4.91. The number of allylic oxidation sites excluding steroid dienone is 4. The third kappa shape index (κ3) is 5.22. The summed E-state index contributed by atoms with van der Waals surface area (Å²) in [5.74, 6) is 0.824. The predicted molar refractivity (Wildman–Crippen MR) is 149 cm³/mol. The van der Waals surface area contributed by atoms with Gasteiger partial charge in [0.25, 0.3) is 0 Å². The van der Waals surface area contributed by atoms with E-state index in [1.807, 2.05) is 59.3 Å². The Morgan fingerprint density at radius 3 is 2.81 bits per heavy atom. The van der Waals surface area contributed by atoms with Gasteiger partial charge in [-0.05, 0) is 42.3 Å². The van der Waals surface area contributed by atoms with Crippen molar-refractivity contribution in [3.63, 3.8) is 0 Å². The molecule has 2 aromatic carbocycles. The van der Waals surface area contributed by atoms with Crippen LogP contribution in [0.15, 0.2) is 91.0 Å². The summed E-state index contributed by atoms with van der Waals surface area (Å²) in [6.45, 7) is 5.73. The van der Waals surface area contributed by atoms with Crippen LogP contribution in [0.4, 0.5) is 10.6 Å². The number of carbonyl (C=O) groups excluding carboxylic acids is 1. The molecule has 0 spiro atoms. The van der Waals surface area contributed by atoms with Crippen LogP contribution in [-0.4, -0.2) is 26.9 Å². The molecule has 2 heterocycles. The molecule has 1 atom stereocenters. The number of nitrogens with zero attached hydrogens (tertiary/aromatic N) is 4. The van der Waals surface area contributed by atoms with Gasteiger partial charge in [0.15, 0.2) is 11.5 Å². The number of benzene rings is 2. The summed E-state index contributed by atoms with van der Waals surface area (Å²) in [6, 6.07) is 15.7. The highest BCUT2D eigenvalue weighted by Crippen LogP contribution is 2.36. The molecular formula is C29H29ClN6O. The van der Waals surface area contributed by atoms with E-state index in [9.17, 15) is 4.79 Å². The van der Waals surface area contributed by atoms with Gasteiger partial charge in [-0.2, -0.15) is 0 Å². The molecule has 1 aliphatic rings. The number of aromatic nitrogens is 3. The molecule has 0 bridgehead atoms. The Morgan fingerprint density at radius 2 is 2.05 bits per heavy atom. The standard InChI is InChI=1S/C29H29ClN6O/c1-3-35(18-20-9-11-23(30)12-10-20)27-26-32-14-15-36(26)19-25(34-27)21-6-4-7-22(16-21)29(2)13-5-8-24(17-29)33-28(31)37/h4-16,19H,3,17-18H2,1-2H3,(H3,31,33,37). The first-order chi connectivity index (χ1) is 17.8. The zero-order valence-electron chi connectivity index (χ0n) is 20.9. The van der Waals surface area contributed by atoms with Gasteiger partial charge < -0.3 is 20.4 Å². The molecule has 5 rings (SSSR count). The maximum atomic E-state index is 11.4. The lowest BCUT2D eigenvalue weighted by Gasteiger charge is -2.30. The SMILES string of the molecule is CCN(Cc1ccc(Cl)cc1)c1nc(-c2cccc(C3(C)C=CC=C(NC(N)=O)C3)c2)cn2ccnc12. The lowest BCUT2D eigenvalue weighted by atomic mass is 9.75. The number of carbonyl (C=O) groups is 1. The van der Waals surface area contributed by atoms with Crippen molar-refractivity contribution in [2.45, 2.75) is 32.2 Å². The number of fused-ring (bicyclic) bond motifs is 1. The van der Waals surface area contributed by atoms with E-state index >= 15 is 0 Å². The van der Waals surface area contributed by atoms with E-state index < -0.39 is 6.03 Å². The quantitative estimate of drug-likeness (QED) is 0.325. The minimum Gasteiger partial charge on any atom is -0.351 e. The Labute approximate surface area is 221 Å². The van der Waals surface area contributed by atoms with Crippen LogP contribution in [0.3, 0.4) is 0 Å². The number of rotatable bonds is 7. The summed E-state index contributed by atoms with van der Waals surface area (Å²) in [4.78, 5) is 23.3. The van der Waals surface area contributed by atoms with Gasteiger partial charge in [0.05, 0.1) is 5.69 Å². The van der Waals surface area contributed by atoms with Crippen molar-refractivity contribution in [2.24, 2.45) is 5.73 Å². The van der Waals surface area contributed by atoms with Crippen LogP contribution >= 0.6 is 11.6 Å². The molecule has 0 radical (unpaired) electrons. The van der Waals surface area contributed by atoms with Crippen LogP contribution < -0.4 is 16.0 Å². The van der Waals surface area contributed by atoms with E-state index in [0.717, 1.165) is 51.1 Å². The van der Waals surface area contributed by atoms with Gasteiger partial charge in [-0.25, -0.2) is 14.8 Å². The van der Waals surface area contributed by atoms with Crippen molar-refractivity contribution in [3.8, 4) is 11.3 Å². The van der Waals surface area contributed by atoms with Crippen molar-refractivity contribution >= 4 is 29.1 Å². The van der Waals surface area contributed by atoms with E-state index in [1.54, 1.807) is 6.20 Å². The molecule has 3 N–H and O–H groups in total. The number of anilines is 1. The van der Waals surface area contributed by atoms with Crippen LogP contribution in [0.2, 0.25) is 5.02 Å². The highest BCUT2D eigenvalue weighted by Gasteiger charge is 2.28. The normalized spacial score (nSPS) is 17.0. The van der Waals surface area contributed by atoms with Gasteiger partial charge in [-0.15, -0.1) is 0 Å². The van der Waals surface area contributed by atoms with Crippen molar-refractivity contribution < 1.29 is 4.79 Å². The minimum atomic E-state index is -0.554.